The van der Waals surface area contributed by atoms with Crippen molar-refractivity contribution in [3.05, 3.63) is 47.5 Å². The van der Waals surface area contributed by atoms with Crippen molar-refractivity contribution in [3.8, 4) is 17.6 Å². The highest BCUT2D eigenvalue weighted by atomic mass is 35.5. The van der Waals surface area contributed by atoms with E-state index in [1.54, 1.807) is 18.3 Å². The molecule has 1 aromatic heterocycles. The van der Waals surface area contributed by atoms with E-state index in [4.69, 9.17) is 16.3 Å². The Labute approximate surface area is 128 Å². The molecule has 0 radical (unpaired) electrons. The predicted molar refractivity (Wildman–Crippen MR) is 80.8 cm³/mol. The number of nitrogens with zero attached hydrogens (tertiary/aromatic N) is 2. The van der Waals surface area contributed by atoms with Gasteiger partial charge in [0.25, 0.3) is 0 Å². The quantitative estimate of drug-likeness (QED) is 0.623. The van der Waals surface area contributed by atoms with Gasteiger partial charge in [0.1, 0.15) is 18.2 Å². The molecule has 0 N–H and O–H groups in total. The number of hydrogen-bond donors (Lipinski definition) is 0. The second-order valence-corrected chi connectivity index (χ2v) is 4.75. The lowest BCUT2D eigenvalue weighted by molar-refractivity contribution is 0.304. The average molecular weight is 307 g/mol. The summed E-state index contributed by atoms with van der Waals surface area (Å²) in [5.74, 6) is 6.08. The summed E-state index contributed by atoms with van der Waals surface area (Å²) in [5, 5.41) is 4.15. The van der Waals surface area contributed by atoms with Gasteiger partial charge in [0, 0.05) is 36.7 Å². The van der Waals surface area contributed by atoms with Crippen molar-refractivity contribution in [3.63, 3.8) is 0 Å². The maximum atomic E-state index is 13.8. The van der Waals surface area contributed by atoms with Crippen molar-refractivity contribution < 1.29 is 9.13 Å². The Morgan fingerprint density at radius 3 is 2.95 bits per heavy atom. The predicted octanol–water partition coefficient (Wildman–Crippen LogP) is 3.60. The largest absolute Gasteiger partial charge is 0.489 e. The fourth-order valence-corrected chi connectivity index (χ4v) is 1.81. The van der Waals surface area contributed by atoms with Crippen molar-refractivity contribution in [1.29, 1.82) is 0 Å². The van der Waals surface area contributed by atoms with Gasteiger partial charge in [-0.15, -0.1) is 11.6 Å². The van der Waals surface area contributed by atoms with Crippen LogP contribution in [0.1, 0.15) is 24.5 Å². The molecule has 0 fully saturated rings. The lowest BCUT2D eigenvalue weighted by Crippen LogP contribution is -1.96. The number of aryl methyl sites for hydroxylation is 1. The van der Waals surface area contributed by atoms with Crippen LogP contribution in [0.4, 0.5) is 4.39 Å². The summed E-state index contributed by atoms with van der Waals surface area (Å²) in [5.41, 5.74) is 1.30. The van der Waals surface area contributed by atoms with Gasteiger partial charge in [0.15, 0.2) is 0 Å². The summed E-state index contributed by atoms with van der Waals surface area (Å²) in [4.78, 5) is 0. The van der Waals surface area contributed by atoms with Gasteiger partial charge in [0.2, 0.25) is 0 Å². The van der Waals surface area contributed by atoms with Crippen LogP contribution < -0.4 is 4.74 Å². The molecule has 5 heteroatoms. The zero-order chi connectivity index (χ0) is 15.1. The van der Waals surface area contributed by atoms with Crippen LogP contribution in [0.25, 0.3) is 0 Å². The number of rotatable bonds is 5. The summed E-state index contributed by atoms with van der Waals surface area (Å²) in [7, 11) is 0. The summed E-state index contributed by atoms with van der Waals surface area (Å²) in [6.07, 6.45) is 4.19. The number of halogens is 2. The molecule has 2 aromatic rings. The highest BCUT2D eigenvalue weighted by molar-refractivity contribution is 6.18. The van der Waals surface area contributed by atoms with E-state index in [9.17, 15) is 4.39 Å². The highest BCUT2D eigenvalue weighted by Gasteiger charge is 2.04. The van der Waals surface area contributed by atoms with E-state index in [1.807, 2.05) is 17.8 Å². The zero-order valence-corrected chi connectivity index (χ0v) is 12.5. The van der Waals surface area contributed by atoms with E-state index in [2.05, 4.69) is 16.9 Å². The molecule has 0 spiro atoms. The van der Waals surface area contributed by atoms with Crippen LogP contribution in [0.2, 0.25) is 0 Å². The monoisotopic (exact) mass is 306 g/mol. The first-order chi connectivity index (χ1) is 10.2. The molecule has 0 saturated carbocycles. The maximum absolute atomic E-state index is 13.8. The first-order valence-corrected chi connectivity index (χ1v) is 7.25. The van der Waals surface area contributed by atoms with Gasteiger partial charge in [-0.1, -0.05) is 11.8 Å². The van der Waals surface area contributed by atoms with E-state index in [0.717, 1.165) is 12.1 Å². The minimum absolute atomic E-state index is 0.353. The lowest BCUT2D eigenvalue weighted by atomic mass is 10.2. The normalized spacial score (nSPS) is 10.0. The maximum Gasteiger partial charge on any atom is 0.142 e. The van der Waals surface area contributed by atoms with Gasteiger partial charge in [-0.05, 0) is 19.1 Å². The van der Waals surface area contributed by atoms with Gasteiger partial charge in [-0.3, -0.25) is 4.68 Å². The average Bonchev–Trinajstić information content (AvgIpc) is 2.95. The first kappa shape index (κ1) is 15.4. The molecular weight excluding hydrogens is 291 g/mol. The summed E-state index contributed by atoms with van der Waals surface area (Å²) in [6.45, 7) is 3.18. The number of benzene rings is 1. The molecule has 0 bridgehead atoms. The third kappa shape index (κ3) is 4.51. The fourth-order valence-electron chi connectivity index (χ4n) is 1.71. The molecule has 0 aliphatic rings. The molecule has 2 rings (SSSR count). The number of alkyl halides is 1. The third-order valence-corrected chi connectivity index (χ3v) is 2.99. The fraction of sp³-hybridized carbons (Fsp3) is 0.312. The van der Waals surface area contributed by atoms with Gasteiger partial charge in [0.05, 0.1) is 11.8 Å². The Balaban J connectivity index is 1.98. The smallest absolute Gasteiger partial charge is 0.142 e. The van der Waals surface area contributed by atoms with Crippen molar-refractivity contribution in [2.24, 2.45) is 0 Å². The topological polar surface area (TPSA) is 27.1 Å². The number of ether oxygens (including phenoxy) is 1. The molecule has 1 heterocycles. The van der Waals surface area contributed by atoms with Crippen molar-refractivity contribution in [2.75, 3.05) is 5.88 Å². The SMILES string of the molecule is CCn1cc(COc2ccc(C#CCCCl)c(F)c2)cn1. The van der Waals surface area contributed by atoms with Crippen LogP contribution in [-0.2, 0) is 13.2 Å². The van der Waals surface area contributed by atoms with Gasteiger partial charge >= 0.3 is 0 Å². The van der Waals surface area contributed by atoms with E-state index in [0.29, 0.717) is 30.2 Å². The third-order valence-electron chi connectivity index (χ3n) is 2.80. The van der Waals surface area contributed by atoms with Gasteiger partial charge in [-0.2, -0.15) is 5.10 Å². The molecule has 21 heavy (non-hydrogen) atoms. The Morgan fingerprint density at radius 1 is 1.43 bits per heavy atom. The molecule has 0 aliphatic heterocycles. The van der Waals surface area contributed by atoms with Crippen molar-refractivity contribution in [1.82, 2.24) is 9.78 Å². The Morgan fingerprint density at radius 2 is 2.29 bits per heavy atom. The summed E-state index contributed by atoms with van der Waals surface area (Å²) < 4.78 is 21.2. The van der Waals surface area contributed by atoms with E-state index in [-0.39, 0.29) is 5.82 Å². The van der Waals surface area contributed by atoms with Crippen LogP contribution >= 0.6 is 11.6 Å². The molecule has 3 nitrogen and oxygen atoms in total. The molecule has 0 unspecified atom stereocenters. The second-order valence-electron chi connectivity index (χ2n) is 4.38. The van der Waals surface area contributed by atoms with Gasteiger partial charge in [-0.25, -0.2) is 4.39 Å². The number of hydrogen-bond acceptors (Lipinski definition) is 2. The molecule has 0 amide bonds. The zero-order valence-electron chi connectivity index (χ0n) is 11.8. The van der Waals surface area contributed by atoms with Crippen LogP contribution in [0.5, 0.6) is 5.75 Å². The Bertz CT molecular complexity index is 658. The molecular formula is C16H16ClFN2O. The standard InChI is InChI=1S/C16H16ClFN2O/c1-2-20-11-13(10-19-20)12-21-15-7-6-14(16(18)9-15)5-3-4-8-17/h6-7,9-11H,2,4,8,12H2,1H3. The van der Waals surface area contributed by atoms with E-state index in [1.165, 1.54) is 6.07 Å². The first-order valence-electron chi connectivity index (χ1n) is 6.71. The lowest BCUT2D eigenvalue weighted by Gasteiger charge is -2.05. The van der Waals surface area contributed by atoms with E-state index < -0.39 is 0 Å². The minimum atomic E-state index is -0.390. The van der Waals surface area contributed by atoms with Crippen molar-refractivity contribution >= 4 is 11.6 Å². The molecule has 0 aliphatic carbocycles. The van der Waals surface area contributed by atoms with Crippen LogP contribution in [0.15, 0.2) is 30.6 Å². The molecule has 0 saturated heterocycles. The highest BCUT2D eigenvalue weighted by Crippen LogP contribution is 2.17. The molecule has 0 atom stereocenters. The summed E-state index contributed by atoms with van der Waals surface area (Å²) in [6, 6.07) is 4.66. The number of aromatic nitrogens is 2. The molecule has 110 valence electrons. The van der Waals surface area contributed by atoms with Crippen LogP contribution in [0.3, 0.4) is 0 Å². The summed E-state index contributed by atoms with van der Waals surface area (Å²) >= 11 is 5.52. The van der Waals surface area contributed by atoms with Crippen LogP contribution in [0, 0.1) is 17.7 Å². The van der Waals surface area contributed by atoms with Crippen LogP contribution in [-0.4, -0.2) is 15.7 Å². The minimum Gasteiger partial charge on any atom is -0.489 e. The molecule has 1 aromatic carbocycles. The Hall–Kier alpha value is -1.99. The van der Waals surface area contributed by atoms with E-state index >= 15 is 0 Å². The van der Waals surface area contributed by atoms with Crippen molar-refractivity contribution in [2.45, 2.75) is 26.5 Å². The van der Waals surface area contributed by atoms with Gasteiger partial charge < -0.3 is 4.74 Å². The second kappa shape index (κ2) is 7.70. The Kier molecular flexibility index (Phi) is 5.65.